The number of amides is 2. The molecule has 5 nitrogen and oxygen atoms in total. The van der Waals surface area contributed by atoms with Crippen LogP contribution < -0.4 is 16.4 Å². The molecule has 24 heavy (non-hydrogen) atoms. The predicted molar refractivity (Wildman–Crippen MR) is 97.4 cm³/mol. The van der Waals surface area contributed by atoms with E-state index in [0.717, 1.165) is 49.8 Å². The van der Waals surface area contributed by atoms with E-state index in [9.17, 15) is 9.59 Å². The highest BCUT2D eigenvalue weighted by Crippen LogP contribution is 2.29. The smallest absolute Gasteiger partial charge is 0.228 e. The molecule has 2 aliphatic rings. The zero-order valence-electron chi connectivity index (χ0n) is 13.9. The fourth-order valence-corrected chi connectivity index (χ4v) is 3.68. The minimum Gasteiger partial charge on any atom is -0.349 e. The lowest BCUT2D eigenvalue weighted by Crippen LogP contribution is -2.51. The normalized spacial score (nSPS) is 17.8. The van der Waals surface area contributed by atoms with Gasteiger partial charge in [0.25, 0.3) is 0 Å². The van der Waals surface area contributed by atoms with Gasteiger partial charge in [0, 0.05) is 18.7 Å². The van der Waals surface area contributed by atoms with Crippen molar-refractivity contribution in [1.82, 2.24) is 5.32 Å². The third-order valence-corrected chi connectivity index (χ3v) is 5.02. The fourth-order valence-electron chi connectivity index (χ4n) is 3.68. The second-order valence-corrected chi connectivity index (χ2v) is 6.81. The van der Waals surface area contributed by atoms with Crippen molar-refractivity contribution in [1.29, 1.82) is 0 Å². The molecule has 0 unspecified atom stereocenters. The fraction of sp³-hybridized carbons (Fsp3) is 0.556. The molecule has 132 valence electrons. The maximum Gasteiger partial charge on any atom is 0.228 e. The van der Waals surface area contributed by atoms with E-state index in [1.165, 1.54) is 5.56 Å². The number of hydrogen-bond acceptors (Lipinski definition) is 3. The molecule has 1 heterocycles. The van der Waals surface area contributed by atoms with Gasteiger partial charge in [0.15, 0.2) is 0 Å². The van der Waals surface area contributed by atoms with Crippen LogP contribution in [0.15, 0.2) is 18.2 Å². The molecule has 2 amide bonds. The van der Waals surface area contributed by atoms with Crippen molar-refractivity contribution in [3.8, 4) is 0 Å². The number of halogens is 1. The van der Waals surface area contributed by atoms with Crippen LogP contribution in [0, 0.1) is 0 Å². The van der Waals surface area contributed by atoms with Crippen LogP contribution in [0.2, 0.25) is 0 Å². The number of hydrogen-bond donors (Lipinski definition) is 3. The van der Waals surface area contributed by atoms with Gasteiger partial charge in [-0.2, -0.15) is 0 Å². The van der Waals surface area contributed by atoms with Crippen molar-refractivity contribution in [3.63, 3.8) is 0 Å². The molecule has 0 bridgehead atoms. The van der Waals surface area contributed by atoms with Gasteiger partial charge in [-0.3, -0.25) is 9.59 Å². The van der Waals surface area contributed by atoms with Crippen molar-refractivity contribution in [3.05, 3.63) is 29.3 Å². The predicted octanol–water partition coefficient (Wildman–Crippen LogP) is 2.31. The molecule has 0 saturated heterocycles. The maximum atomic E-state index is 12.2. The van der Waals surface area contributed by atoms with E-state index in [1.807, 2.05) is 12.1 Å². The summed E-state index contributed by atoms with van der Waals surface area (Å²) in [6, 6.07) is 6.06. The second kappa shape index (κ2) is 7.99. The summed E-state index contributed by atoms with van der Waals surface area (Å²) in [5, 5.41) is 5.99. The van der Waals surface area contributed by atoms with Gasteiger partial charge in [-0.25, -0.2) is 0 Å². The summed E-state index contributed by atoms with van der Waals surface area (Å²) in [5.41, 5.74) is 8.86. The molecule has 4 N–H and O–H groups in total. The molecule has 1 fully saturated rings. The zero-order chi connectivity index (χ0) is 16.3. The van der Waals surface area contributed by atoms with Gasteiger partial charge in [-0.05, 0) is 42.9 Å². The minimum absolute atomic E-state index is 0. The Morgan fingerprint density at radius 2 is 2.04 bits per heavy atom. The maximum absolute atomic E-state index is 12.2. The number of carbonyl (C=O) groups is 2. The molecule has 6 heteroatoms. The van der Waals surface area contributed by atoms with E-state index in [0.29, 0.717) is 19.4 Å². The Kier molecular flexibility index (Phi) is 6.24. The Labute approximate surface area is 149 Å². The lowest BCUT2D eigenvalue weighted by atomic mass is 9.97. The summed E-state index contributed by atoms with van der Waals surface area (Å²) in [4.78, 5) is 23.5. The van der Waals surface area contributed by atoms with Crippen LogP contribution in [-0.4, -0.2) is 23.9 Å². The molecule has 3 rings (SSSR count). The van der Waals surface area contributed by atoms with Gasteiger partial charge in [0.2, 0.25) is 11.8 Å². The van der Waals surface area contributed by atoms with E-state index in [4.69, 9.17) is 5.73 Å². The first-order valence-corrected chi connectivity index (χ1v) is 8.53. The summed E-state index contributed by atoms with van der Waals surface area (Å²) >= 11 is 0. The quantitative estimate of drug-likeness (QED) is 0.735. The van der Waals surface area contributed by atoms with Crippen LogP contribution in [0.3, 0.4) is 0 Å². The van der Waals surface area contributed by atoms with Crippen LogP contribution in [0.4, 0.5) is 5.69 Å². The van der Waals surface area contributed by atoms with Gasteiger partial charge in [0.1, 0.15) is 0 Å². The molecule has 1 aliphatic heterocycles. The number of anilines is 1. The van der Waals surface area contributed by atoms with E-state index in [1.54, 1.807) is 0 Å². The van der Waals surface area contributed by atoms with Gasteiger partial charge >= 0.3 is 0 Å². The molecule has 0 aromatic heterocycles. The SMILES string of the molecule is Cl.NCC1(NC(=O)CCCc2ccc3c(c2)CC(=O)N3)CCCC1. The Morgan fingerprint density at radius 1 is 1.29 bits per heavy atom. The van der Waals surface area contributed by atoms with Crippen molar-refractivity contribution in [2.75, 3.05) is 11.9 Å². The van der Waals surface area contributed by atoms with Gasteiger partial charge in [-0.1, -0.05) is 25.0 Å². The largest absolute Gasteiger partial charge is 0.349 e. The highest BCUT2D eigenvalue weighted by molar-refractivity contribution is 5.99. The number of fused-ring (bicyclic) bond motifs is 1. The van der Waals surface area contributed by atoms with E-state index < -0.39 is 0 Å². The molecule has 0 radical (unpaired) electrons. The van der Waals surface area contributed by atoms with Gasteiger partial charge in [-0.15, -0.1) is 12.4 Å². The van der Waals surface area contributed by atoms with E-state index in [-0.39, 0.29) is 29.8 Å². The number of benzene rings is 1. The molecule has 1 aromatic rings. The van der Waals surface area contributed by atoms with Crippen LogP contribution in [0.1, 0.15) is 49.7 Å². The Balaban J connectivity index is 0.00000208. The van der Waals surface area contributed by atoms with Crippen LogP contribution in [0.25, 0.3) is 0 Å². The number of carbonyl (C=O) groups excluding carboxylic acids is 2. The average molecular weight is 352 g/mol. The molecule has 0 spiro atoms. The average Bonchev–Trinajstić information content (AvgIpc) is 3.13. The zero-order valence-corrected chi connectivity index (χ0v) is 14.7. The summed E-state index contributed by atoms with van der Waals surface area (Å²) in [6.07, 6.45) is 6.96. The Bertz CT molecular complexity index is 612. The van der Waals surface area contributed by atoms with Crippen LogP contribution in [-0.2, 0) is 22.4 Å². The van der Waals surface area contributed by atoms with Gasteiger partial charge < -0.3 is 16.4 Å². The Hall–Kier alpha value is -1.59. The highest BCUT2D eigenvalue weighted by atomic mass is 35.5. The van der Waals surface area contributed by atoms with Gasteiger partial charge in [0.05, 0.1) is 12.0 Å². The molecule has 1 aliphatic carbocycles. The highest BCUT2D eigenvalue weighted by Gasteiger charge is 2.33. The summed E-state index contributed by atoms with van der Waals surface area (Å²) in [5.74, 6) is 0.163. The number of rotatable bonds is 6. The van der Waals surface area contributed by atoms with Crippen molar-refractivity contribution in [2.45, 2.75) is 56.9 Å². The number of nitrogens with two attached hydrogens (primary N) is 1. The topological polar surface area (TPSA) is 84.2 Å². The number of aryl methyl sites for hydroxylation is 1. The second-order valence-electron chi connectivity index (χ2n) is 6.81. The third kappa shape index (κ3) is 4.28. The van der Waals surface area contributed by atoms with Crippen molar-refractivity contribution >= 4 is 29.9 Å². The minimum atomic E-state index is -0.156. The first-order valence-electron chi connectivity index (χ1n) is 8.53. The molecule has 1 aromatic carbocycles. The Morgan fingerprint density at radius 3 is 2.75 bits per heavy atom. The monoisotopic (exact) mass is 351 g/mol. The van der Waals surface area contributed by atoms with Crippen LogP contribution >= 0.6 is 12.4 Å². The molecule has 0 atom stereocenters. The third-order valence-electron chi connectivity index (χ3n) is 5.02. The lowest BCUT2D eigenvalue weighted by molar-refractivity contribution is -0.123. The summed E-state index contributed by atoms with van der Waals surface area (Å²) in [6.45, 7) is 0.532. The first-order chi connectivity index (χ1) is 11.1. The van der Waals surface area contributed by atoms with Crippen LogP contribution in [0.5, 0.6) is 0 Å². The van der Waals surface area contributed by atoms with E-state index >= 15 is 0 Å². The van der Waals surface area contributed by atoms with E-state index in [2.05, 4.69) is 16.7 Å². The van der Waals surface area contributed by atoms with Crippen molar-refractivity contribution in [2.24, 2.45) is 5.73 Å². The molecule has 1 saturated carbocycles. The lowest BCUT2D eigenvalue weighted by Gasteiger charge is -2.28. The molecular formula is C18H26ClN3O2. The number of nitrogens with one attached hydrogen (secondary N) is 2. The first kappa shape index (κ1) is 18.7. The molecular weight excluding hydrogens is 326 g/mol. The standard InChI is InChI=1S/C18H25N3O2.ClH/c19-12-18(8-1-2-9-18)21-16(22)5-3-4-13-6-7-15-14(10-13)11-17(23)20-15;/h6-7,10H,1-5,8-9,11-12,19H2,(H,20,23)(H,21,22);1H. The summed E-state index contributed by atoms with van der Waals surface area (Å²) < 4.78 is 0. The van der Waals surface area contributed by atoms with Crippen molar-refractivity contribution < 1.29 is 9.59 Å². The summed E-state index contributed by atoms with van der Waals surface area (Å²) in [7, 11) is 0.